The molecule has 0 saturated heterocycles. The molecule has 3 nitrogen and oxygen atoms in total. The smallest absolute Gasteiger partial charge is 0.201 e. The molecule has 1 aliphatic rings. The van der Waals surface area contributed by atoms with Gasteiger partial charge in [0.1, 0.15) is 0 Å². The molecule has 2 N–H and O–H groups in total. The van der Waals surface area contributed by atoms with E-state index in [1.54, 1.807) is 0 Å². The molecule has 0 bridgehead atoms. The highest BCUT2D eigenvalue weighted by Gasteiger charge is 2.20. The summed E-state index contributed by atoms with van der Waals surface area (Å²) in [5.41, 5.74) is 12.0. The molecule has 0 amide bonds. The van der Waals surface area contributed by atoms with Crippen molar-refractivity contribution in [3.63, 3.8) is 0 Å². The molecule has 3 aromatic carbocycles. The van der Waals surface area contributed by atoms with Gasteiger partial charge in [-0.15, -0.1) is 0 Å². The summed E-state index contributed by atoms with van der Waals surface area (Å²) in [7, 11) is 0. The third-order valence-electron chi connectivity index (χ3n) is 4.36. The number of fused-ring (bicyclic) bond motifs is 1. The maximum absolute atomic E-state index is 6.29. The van der Waals surface area contributed by atoms with Gasteiger partial charge < -0.3 is 10.6 Å². The molecule has 0 aliphatic carbocycles. The van der Waals surface area contributed by atoms with Crippen LogP contribution in [0.15, 0.2) is 83.9 Å². The molecular weight excluding hydrogens is 294 g/mol. The Morgan fingerprint density at radius 2 is 1.58 bits per heavy atom. The van der Waals surface area contributed by atoms with E-state index in [0.717, 1.165) is 29.9 Å². The van der Waals surface area contributed by atoms with Gasteiger partial charge >= 0.3 is 0 Å². The van der Waals surface area contributed by atoms with Gasteiger partial charge in [0.05, 0.1) is 5.69 Å². The summed E-state index contributed by atoms with van der Waals surface area (Å²) in [6.45, 7) is 0.882. The highest BCUT2D eigenvalue weighted by molar-refractivity contribution is 5.98. The van der Waals surface area contributed by atoms with E-state index in [-0.39, 0.29) is 0 Å². The molecule has 0 atom stereocenters. The van der Waals surface area contributed by atoms with Crippen LogP contribution >= 0.6 is 0 Å². The molecule has 4 rings (SSSR count). The Bertz CT molecular complexity index is 884. The third kappa shape index (κ3) is 2.76. The molecule has 0 saturated carbocycles. The average Bonchev–Trinajstić information content (AvgIpc) is 3.07. The summed E-state index contributed by atoms with van der Waals surface area (Å²) >= 11 is 0. The SMILES string of the molecule is NC(=Nc1cccc(-c2ccccc2)c1)N1CCc2ccccc21. The zero-order valence-electron chi connectivity index (χ0n) is 13.4. The van der Waals surface area contributed by atoms with E-state index in [1.165, 1.54) is 11.1 Å². The second-order valence-corrected chi connectivity index (χ2v) is 5.92. The van der Waals surface area contributed by atoms with Gasteiger partial charge in [0.15, 0.2) is 0 Å². The lowest BCUT2D eigenvalue weighted by Gasteiger charge is -2.18. The van der Waals surface area contributed by atoms with Crippen LogP contribution in [0.2, 0.25) is 0 Å². The van der Waals surface area contributed by atoms with Crippen molar-refractivity contribution in [2.45, 2.75) is 6.42 Å². The average molecular weight is 313 g/mol. The van der Waals surface area contributed by atoms with Crippen molar-refractivity contribution in [3.8, 4) is 11.1 Å². The van der Waals surface area contributed by atoms with Crippen molar-refractivity contribution in [2.24, 2.45) is 10.7 Å². The number of aliphatic imine (C=N–C) groups is 1. The molecule has 1 heterocycles. The standard InChI is InChI=1S/C21H19N3/c22-21(24-14-13-17-9-4-5-12-20(17)24)23-19-11-6-10-18(15-19)16-7-2-1-3-8-16/h1-12,15H,13-14H2,(H2,22,23). The summed E-state index contributed by atoms with van der Waals surface area (Å²) in [6, 6.07) is 26.8. The van der Waals surface area contributed by atoms with Gasteiger partial charge in [-0.1, -0.05) is 60.7 Å². The first kappa shape index (κ1) is 14.5. The second kappa shape index (κ2) is 6.20. The van der Waals surface area contributed by atoms with Crippen LogP contribution in [0.25, 0.3) is 11.1 Å². The minimum atomic E-state index is 0.546. The minimum absolute atomic E-state index is 0.546. The van der Waals surface area contributed by atoms with Crippen molar-refractivity contribution < 1.29 is 0 Å². The lowest BCUT2D eigenvalue weighted by Crippen LogP contribution is -2.35. The quantitative estimate of drug-likeness (QED) is 0.564. The van der Waals surface area contributed by atoms with Gasteiger partial charge in [-0.3, -0.25) is 0 Å². The van der Waals surface area contributed by atoms with Crippen LogP contribution in [-0.2, 0) is 6.42 Å². The Morgan fingerprint density at radius 1 is 0.833 bits per heavy atom. The number of para-hydroxylation sites is 1. The van der Waals surface area contributed by atoms with Crippen molar-refractivity contribution in [1.29, 1.82) is 0 Å². The molecular formula is C21H19N3. The summed E-state index contributed by atoms with van der Waals surface area (Å²) in [6.07, 6.45) is 1.01. The van der Waals surface area contributed by atoms with E-state index in [0.29, 0.717) is 5.96 Å². The van der Waals surface area contributed by atoms with Crippen LogP contribution in [-0.4, -0.2) is 12.5 Å². The molecule has 3 heteroatoms. The zero-order chi connectivity index (χ0) is 16.4. The van der Waals surface area contributed by atoms with E-state index >= 15 is 0 Å². The Balaban J connectivity index is 1.64. The predicted octanol–water partition coefficient (Wildman–Crippen LogP) is 4.36. The van der Waals surface area contributed by atoms with E-state index in [9.17, 15) is 0 Å². The van der Waals surface area contributed by atoms with Crippen LogP contribution in [0, 0.1) is 0 Å². The van der Waals surface area contributed by atoms with Gasteiger partial charge in [-0.05, 0) is 41.3 Å². The van der Waals surface area contributed by atoms with E-state index in [2.05, 4.69) is 52.4 Å². The van der Waals surface area contributed by atoms with Crippen molar-refractivity contribution in [3.05, 3.63) is 84.4 Å². The fraction of sp³-hybridized carbons (Fsp3) is 0.0952. The van der Waals surface area contributed by atoms with Gasteiger partial charge in [0, 0.05) is 12.2 Å². The molecule has 3 aromatic rings. The van der Waals surface area contributed by atoms with E-state index in [4.69, 9.17) is 5.73 Å². The molecule has 0 unspecified atom stereocenters. The maximum Gasteiger partial charge on any atom is 0.201 e. The van der Waals surface area contributed by atoms with Crippen LogP contribution < -0.4 is 10.6 Å². The van der Waals surface area contributed by atoms with Gasteiger partial charge in [-0.25, -0.2) is 4.99 Å². The first-order valence-corrected chi connectivity index (χ1v) is 8.16. The van der Waals surface area contributed by atoms with Crippen LogP contribution in [0.5, 0.6) is 0 Å². The zero-order valence-corrected chi connectivity index (χ0v) is 13.4. The number of nitrogens with two attached hydrogens (primary N) is 1. The van der Waals surface area contributed by atoms with Crippen LogP contribution in [0.4, 0.5) is 11.4 Å². The monoisotopic (exact) mass is 313 g/mol. The molecule has 24 heavy (non-hydrogen) atoms. The largest absolute Gasteiger partial charge is 0.369 e. The second-order valence-electron chi connectivity index (χ2n) is 5.92. The normalized spacial score (nSPS) is 13.8. The topological polar surface area (TPSA) is 41.6 Å². The first-order chi connectivity index (χ1) is 11.8. The van der Waals surface area contributed by atoms with Crippen molar-refractivity contribution in [1.82, 2.24) is 0 Å². The fourth-order valence-corrected chi connectivity index (χ4v) is 3.15. The predicted molar refractivity (Wildman–Crippen MR) is 101 cm³/mol. The summed E-state index contributed by atoms with van der Waals surface area (Å²) in [5, 5.41) is 0. The lowest BCUT2D eigenvalue weighted by molar-refractivity contribution is 1.01. The van der Waals surface area contributed by atoms with E-state index < -0.39 is 0 Å². The van der Waals surface area contributed by atoms with Crippen molar-refractivity contribution in [2.75, 3.05) is 11.4 Å². The highest BCUT2D eigenvalue weighted by atomic mass is 15.3. The number of guanidine groups is 1. The Hall–Kier alpha value is -3.07. The Kier molecular flexibility index (Phi) is 3.75. The maximum atomic E-state index is 6.29. The summed E-state index contributed by atoms with van der Waals surface area (Å²) < 4.78 is 0. The molecule has 118 valence electrons. The number of hydrogen-bond donors (Lipinski definition) is 1. The lowest BCUT2D eigenvalue weighted by atomic mass is 10.1. The first-order valence-electron chi connectivity index (χ1n) is 8.16. The molecule has 0 radical (unpaired) electrons. The third-order valence-corrected chi connectivity index (χ3v) is 4.36. The van der Waals surface area contributed by atoms with Crippen molar-refractivity contribution >= 4 is 17.3 Å². The number of rotatable bonds is 2. The Labute approximate surface area is 142 Å². The Morgan fingerprint density at radius 3 is 2.46 bits per heavy atom. The van der Waals surface area contributed by atoms with Gasteiger partial charge in [-0.2, -0.15) is 0 Å². The molecule has 0 aromatic heterocycles. The van der Waals surface area contributed by atoms with Crippen LogP contribution in [0.1, 0.15) is 5.56 Å². The number of benzene rings is 3. The molecule has 0 fully saturated rings. The number of nitrogens with zero attached hydrogens (tertiary/aromatic N) is 2. The minimum Gasteiger partial charge on any atom is -0.369 e. The fourth-order valence-electron chi connectivity index (χ4n) is 3.15. The summed E-state index contributed by atoms with van der Waals surface area (Å²) in [5.74, 6) is 0.546. The van der Waals surface area contributed by atoms with Gasteiger partial charge in [0.2, 0.25) is 5.96 Å². The number of hydrogen-bond acceptors (Lipinski definition) is 1. The van der Waals surface area contributed by atoms with E-state index in [1.807, 2.05) is 36.4 Å². The highest BCUT2D eigenvalue weighted by Crippen LogP contribution is 2.28. The van der Waals surface area contributed by atoms with Crippen LogP contribution in [0.3, 0.4) is 0 Å². The number of anilines is 1. The van der Waals surface area contributed by atoms with Gasteiger partial charge in [0.25, 0.3) is 0 Å². The molecule has 1 aliphatic heterocycles. The molecule has 0 spiro atoms. The summed E-state index contributed by atoms with van der Waals surface area (Å²) in [4.78, 5) is 6.73.